The van der Waals surface area contributed by atoms with E-state index in [1.54, 1.807) is 0 Å². The molecule has 19 heavy (non-hydrogen) atoms. The van der Waals surface area contributed by atoms with Gasteiger partial charge in [0.25, 0.3) is 5.91 Å². The molecule has 0 saturated carbocycles. The average molecular weight is 291 g/mol. The van der Waals surface area contributed by atoms with Crippen molar-refractivity contribution in [3.63, 3.8) is 0 Å². The van der Waals surface area contributed by atoms with Gasteiger partial charge in [-0.2, -0.15) is 0 Å². The summed E-state index contributed by atoms with van der Waals surface area (Å²) in [5.41, 5.74) is 1.78. The van der Waals surface area contributed by atoms with Gasteiger partial charge in [0.05, 0.1) is 11.3 Å². The van der Waals surface area contributed by atoms with Crippen molar-refractivity contribution in [1.82, 2.24) is 10.3 Å². The van der Waals surface area contributed by atoms with Gasteiger partial charge in [-0.25, -0.2) is 28.8 Å². The van der Waals surface area contributed by atoms with Crippen molar-refractivity contribution in [2.75, 3.05) is 17.7 Å². The van der Waals surface area contributed by atoms with E-state index in [1.807, 2.05) is 5.43 Å². The Kier molecular flexibility index (Phi) is 5.15. The van der Waals surface area contributed by atoms with E-state index >= 15 is 0 Å². The zero-order chi connectivity index (χ0) is 14.5. The molecule has 0 atom stereocenters. The number of carbonyl (C=O) groups is 1. The number of rotatable bonds is 6. The molecule has 0 saturated heterocycles. The summed E-state index contributed by atoms with van der Waals surface area (Å²) in [6.07, 6.45) is 1.36. The summed E-state index contributed by atoms with van der Waals surface area (Å²) in [7, 11) is -3.57. The van der Waals surface area contributed by atoms with Crippen LogP contribution in [-0.4, -0.2) is 31.6 Å². The lowest BCUT2D eigenvalue weighted by Gasteiger charge is -2.07. The van der Waals surface area contributed by atoms with E-state index in [0.717, 1.165) is 0 Å². The number of hydrogen-bond donors (Lipinski definition) is 4. The first kappa shape index (κ1) is 15.3. The van der Waals surface area contributed by atoms with E-state index in [9.17, 15) is 17.6 Å². The van der Waals surface area contributed by atoms with Crippen LogP contribution in [0.1, 0.15) is 16.8 Å². The molecule has 1 aromatic rings. The highest BCUT2D eigenvalue weighted by Crippen LogP contribution is 2.13. The second kappa shape index (κ2) is 6.41. The molecule has 0 aliphatic heterocycles. The number of nitrogens with zero attached hydrogens (tertiary/aromatic N) is 1. The van der Waals surface area contributed by atoms with E-state index in [-0.39, 0.29) is 30.1 Å². The molecule has 0 aliphatic carbocycles. The molecule has 10 heteroatoms. The molecule has 0 unspecified atom stereocenters. The maximum atomic E-state index is 13.6. The highest BCUT2D eigenvalue weighted by Gasteiger charge is 2.15. The van der Waals surface area contributed by atoms with Gasteiger partial charge in [0.15, 0.2) is 11.6 Å². The second-order valence-electron chi connectivity index (χ2n) is 3.64. The molecule has 6 N–H and O–H groups in total. The fourth-order valence-corrected chi connectivity index (χ4v) is 1.84. The molecule has 8 nitrogen and oxygen atoms in total. The summed E-state index contributed by atoms with van der Waals surface area (Å²) < 4.78 is 35.0. The Balaban J connectivity index is 2.59. The number of pyridine rings is 1. The fourth-order valence-electron chi connectivity index (χ4n) is 1.29. The minimum Gasteiger partial charge on any atom is -0.352 e. The molecule has 1 aromatic heterocycles. The normalized spacial score (nSPS) is 11.1. The number of carbonyl (C=O) groups excluding carboxylic acids is 1. The Labute approximate surface area is 109 Å². The van der Waals surface area contributed by atoms with E-state index in [4.69, 9.17) is 11.0 Å². The Morgan fingerprint density at radius 2 is 2.16 bits per heavy atom. The number of halogens is 1. The third kappa shape index (κ3) is 4.77. The molecule has 0 radical (unpaired) electrons. The monoisotopic (exact) mass is 291 g/mol. The molecule has 1 amide bonds. The molecule has 0 bridgehead atoms. The lowest BCUT2D eigenvalue weighted by molar-refractivity contribution is 0.0949. The number of amides is 1. The van der Waals surface area contributed by atoms with Gasteiger partial charge in [-0.3, -0.25) is 4.79 Å². The summed E-state index contributed by atoms with van der Waals surface area (Å²) in [4.78, 5) is 15.2. The SMILES string of the molecule is NNc1nccc(C(=O)NCCCS(N)(=O)=O)c1F. The smallest absolute Gasteiger partial charge is 0.254 e. The van der Waals surface area contributed by atoms with Crippen LogP contribution in [0.25, 0.3) is 0 Å². The molecule has 0 aromatic carbocycles. The molecule has 106 valence electrons. The van der Waals surface area contributed by atoms with E-state index in [1.165, 1.54) is 12.3 Å². The third-order valence-electron chi connectivity index (χ3n) is 2.16. The minimum absolute atomic E-state index is 0.0579. The quantitative estimate of drug-likeness (QED) is 0.298. The van der Waals surface area contributed by atoms with Crippen LogP contribution in [0.3, 0.4) is 0 Å². The highest BCUT2D eigenvalue weighted by atomic mass is 32.2. The fraction of sp³-hybridized carbons (Fsp3) is 0.333. The third-order valence-corrected chi connectivity index (χ3v) is 3.02. The van der Waals surface area contributed by atoms with Crippen molar-refractivity contribution in [3.8, 4) is 0 Å². The number of anilines is 1. The summed E-state index contributed by atoms with van der Waals surface area (Å²) in [6, 6.07) is 1.19. The molecular weight excluding hydrogens is 277 g/mol. The van der Waals surface area contributed by atoms with Gasteiger partial charge < -0.3 is 10.7 Å². The highest BCUT2D eigenvalue weighted by molar-refractivity contribution is 7.89. The Bertz CT molecular complexity index is 563. The number of nitrogen functional groups attached to an aromatic ring is 1. The Morgan fingerprint density at radius 1 is 1.47 bits per heavy atom. The molecule has 0 aliphatic rings. The van der Waals surface area contributed by atoms with Crippen LogP contribution in [0, 0.1) is 5.82 Å². The minimum atomic E-state index is -3.57. The number of nitrogens with two attached hydrogens (primary N) is 2. The summed E-state index contributed by atoms with van der Waals surface area (Å²) >= 11 is 0. The molecular formula is C9H14FN5O3S. The second-order valence-corrected chi connectivity index (χ2v) is 5.38. The van der Waals surface area contributed by atoms with Gasteiger partial charge in [0.2, 0.25) is 10.0 Å². The first-order valence-electron chi connectivity index (χ1n) is 5.25. The average Bonchev–Trinajstić information content (AvgIpc) is 2.33. The van der Waals surface area contributed by atoms with Crippen LogP contribution in [0.2, 0.25) is 0 Å². The summed E-state index contributed by atoms with van der Waals surface area (Å²) in [5.74, 6) is 2.94. The van der Waals surface area contributed by atoms with Gasteiger partial charge in [-0.15, -0.1) is 0 Å². The Hall–Kier alpha value is -1.78. The van der Waals surface area contributed by atoms with Crippen molar-refractivity contribution >= 4 is 21.7 Å². The molecule has 1 heterocycles. The van der Waals surface area contributed by atoms with Crippen LogP contribution < -0.4 is 21.7 Å². The number of primary sulfonamides is 1. The Morgan fingerprint density at radius 3 is 2.74 bits per heavy atom. The van der Waals surface area contributed by atoms with E-state index in [0.29, 0.717) is 0 Å². The molecule has 0 fully saturated rings. The van der Waals surface area contributed by atoms with Crippen LogP contribution in [0.4, 0.5) is 10.2 Å². The molecule has 0 spiro atoms. The van der Waals surface area contributed by atoms with Gasteiger partial charge >= 0.3 is 0 Å². The number of hydrogen-bond acceptors (Lipinski definition) is 6. The lowest BCUT2D eigenvalue weighted by Crippen LogP contribution is -2.28. The van der Waals surface area contributed by atoms with E-state index in [2.05, 4.69) is 10.3 Å². The number of aromatic nitrogens is 1. The predicted octanol–water partition coefficient (Wildman–Crippen LogP) is -1.09. The van der Waals surface area contributed by atoms with Gasteiger partial charge in [0, 0.05) is 12.7 Å². The van der Waals surface area contributed by atoms with Crippen molar-refractivity contribution in [2.24, 2.45) is 11.0 Å². The van der Waals surface area contributed by atoms with Crippen LogP contribution in [0.15, 0.2) is 12.3 Å². The van der Waals surface area contributed by atoms with Crippen molar-refractivity contribution in [1.29, 1.82) is 0 Å². The summed E-state index contributed by atoms with van der Waals surface area (Å²) in [6.45, 7) is 0.0579. The van der Waals surface area contributed by atoms with E-state index < -0.39 is 21.7 Å². The first-order chi connectivity index (χ1) is 8.85. The number of nitrogens with one attached hydrogen (secondary N) is 2. The van der Waals surface area contributed by atoms with Crippen LogP contribution in [0.5, 0.6) is 0 Å². The molecule has 1 rings (SSSR count). The summed E-state index contributed by atoms with van der Waals surface area (Å²) in [5, 5.41) is 7.16. The first-order valence-corrected chi connectivity index (χ1v) is 6.96. The standard InChI is InChI=1S/C9H14FN5O3S/c10-7-6(2-4-13-8(7)15-11)9(16)14-3-1-5-19(12,17)18/h2,4H,1,3,5,11H2,(H,13,15)(H,14,16)(H2,12,17,18). The van der Waals surface area contributed by atoms with Gasteiger partial charge in [-0.05, 0) is 12.5 Å². The number of hydrazine groups is 1. The van der Waals surface area contributed by atoms with Crippen molar-refractivity contribution in [2.45, 2.75) is 6.42 Å². The predicted molar refractivity (Wildman–Crippen MR) is 66.9 cm³/mol. The van der Waals surface area contributed by atoms with Gasteiger partial charge in [0.1, 0.15) is 0 Å². The van der Waals surface area contributed by atoms with Crippen molar-refractivity contribution < 1.29 is 17.6 Å². The lowest BCUT2D eigenvalue weighted by atomic mass is 10.2. The number of sulfonamides is 1. The topological polar surface area (TPSA) is 140 Å². The maximum Gasteiger partial charge on any atom is 0.254 e. The largest absolute Gasteiger partial charge is 0.352 e. The zero-order valence-electron chi connectivity index (χ0n) is 9.89. The zero-order valence-corrected chi connectivity index (χ0v) is 10.7. The van der Waals surface area contributed by atoms with Crippen molar-refractivity contribution in [3.05, 3.63) is 23.6 Å². The van der Waals surface area contributed by atoms with Crippen LogP contribution >= 0.6 is 0 Å². The maximum absolute atomic E-state index is 13.6. The van der Waals surface area contributed by atoms with Crippen LogP contribution in [-0.2, 0) is 10.0 Å². The van der Waals surface area contributed by atoms with Gasteiger partial charge in [-0.1, -0.05) is 0 Å².